The van der Waals surface area contributed by atoms with Crippen molar-refractivity contribution in [1.82, 2.24) is 36.8 Å². The van der Waals surface area contributed by atoms with Gasteiger partial charge in [-0.25, -0.2) is 8.42 Å². The van der Waals surface area contributed by atoms with Crippen molar-refractivity contribution in [2.45, 2.75) is 176 Å². The first-order valence-electron chi connectivity index (χ1n) is 35.1. The number of carbonyl (C=O) groups excluding carboxylic acids is 7. The maximum absolute atomic E-state index is 13.8. The van der Waals surface area contributed by atoms with Crippen LogP contribution in [0.5, 0.6) is 5.75 Å². The molecule has 5 aromatic carbocycles. The number of nitrogens with one attached hydrogen (secondary N) is 6. The molecule has 0 radical (unpaired) electrons. The number of ether oxygens (including phenoxy) is 1. The minimum Gasteiger partial charge on any atom is -0.744 e. The van der Waals surface area contributed by atoms with Crippen LogP contribution in [0.1, 0.15) is 140 Å². The van der Waals surface area contributed by atoms with E-state index in [0.717, 1.165) is 72.0 Å². The van der Waals surface area contributed by atoms with E-state index >= 15 is 0 Å². The van der Waals surface area contributed by atoms with Crippen molar-refractivity contribution in [2.75, 3.05) is 51.2 Å². The number of amides is 7. The number of nitrogens with zero attached hydrogens (tertiary/aromatic N) is 3. The summed E-state index contributed by atoms with van der Waals surface area (Å²) in [6.45, 7) is 13.5. The van der Waals surface area contributed by atoms with Crippen LogP contribution < -0.4 is 47.3 Å². The summed E-state index contributed by atoms with van der Waals surface area (Å²) < 4.78 is 78.3. The van der Waals surface area contributed by atoms with Gasteiger partial charge in [0, 0.05) is 106 Å². The van der Waals surface area contributed by atoms with Crippen LogP contribution in [0.3, 0.4) is 0 Å². The van der Waals surface area contributed by atoms with E-state index in [9.17, 15) is 59.5 Å². The van der Waals surface area contributed by atoms with E-state index in [-0.39, 0.29) is 66.4 Å². The maximum Gasteiger partial charge on any atom is 0.294 e. The number of likely N-dealkylation sites (tertiary alicyclic amines) is 1. The van der Waals surface area contributed by atoms with Crippen LogP contribution in [0.2, 0.25) is 0 Å². The van der Waals surface area contributed by atoms with Crippen molar-refractivity contribution in [3.8, 4) is 5.75 Å². The van der Waals surface area contributed by atoms with Gasteiger partial charge in [-0.3, -0.25) is 38.1 Å². The fourth-order valence-corrected chi connectivity index (χ4v) is 14.3. The van der Waals surface area contributed by atoms with Gasteiger partial charge in [0.25, 0.3) is 10.1 Å². The second kappa shape index (κ2) is 36.2. The van der Waals surface area contributed by atoms with Crippen molar-refractivity contribution >= 4 is 78.7 Å². The van der Waals surface area contributed by atoms with Gasteiger partial charge in [-0.15, -0.1) is 0 Å². The fourth-order valence-electron chi connectivity index (χ4n) is 13.3. The summed E-state index contributed by atoms with van der Waals surface area (Å²) >= 11 is 0. The topological polar surface area (TPSA) is 348 Å². The number of piperidine rings is 1. The molecule has 103 heavy (non-hydrogen) atoms. The van der Waals surface area contributed by atoms with Gasteiger partial charge in [0.1, 0.15) is 53.2 Å². The van der Waals surface area contributed by atoms with Gasteiger partial charge in [-0.1, -0.05) is 117 Å². The lowest BCUT2D eigenvalue weighted by Crippen LogP contribution is -2.56. The molecule has 3 heterocycles. The summed E-state index contributed by atoms with van der Waals surface area (Å²) in [7, 11) is -7.26. The lowest BCUT2D eigenvalue weighted by Gasteiger charge is -2.32. The molecule has 0 spiro atoms. The lowest BCUT2D eigenvalue weighted by molar-refractivity contribution is -0.401. The molecule has 26 heteroatoms. The number of benzene rings is 5. The van der Waals surface area contributed by atoms with E-state index < -0.39 is 84.8 Å². The summed E-state index contributed by atoms with van der Waals surface area (Å²) in [5.41, 5.74) is 12.2. The molecule has 1 fully saturated rings. The van der Waals surface area contributed by atoms with Crippen LogP contribution >= 0.6 is 0 Å². The number of rotatable bonds is 36. The molecule has 24 nitrogen and oxygen atoms in total. The number of unbranched alkanes of at least 4 members (excludes halogenated alkanes) is 3. The van der Waals surface area contributed by atoms with Gasteiger partial charge in [-0.2, -0.15) is 13.0 Å². The number of para-hydroxylation sites is 1. The third-order valence-electron chi connectivity index (χ3n) is 19.2. The third-order valence-corrected chi connectivity index (χ3v) is 20.9. The number of carbonyl (C=O) groups is 7. The standard InChI is InChI=1S/C77H98N10O14S2/c1-52(81-74(93)53(2)82-75(94)63(49-55-26-14-9-15-27-55)84-71(90)41-47-86-45-39-57(40-46-86)101-66-30-20-19-28-56(66)48-54-24-12-8-13-25-54)73(92)80-43-38-70(89)83-62(72(78)91)29-21-22-42-79-69(88)33-18-11-23-44-87-65-37-35-59(103(98,99)100)51-61(65)77(5,6)68(87)32-17-10-16-31-67-76(3,4)60-50-58(102(95,96)97)34-36-64(60)85(67)7/h8-10,12-17,19-20,24-28,30-32,34-37,50-53,57,62-63H,11,18,21-23,29,33,38-49H2,1-7H3,(H9-,78,79,80,81,82,83,84,88,89,90,91,92,93,94,95,96,97,98,99,100)/t52-,53-,62-,63-/m0/s1. The first-order valence-corrected chi connectivity index (χ1v) is 38.0. The van der Waals surface area contributed by atoms with Crippen LogP contribution in [0.15, 0.2) is 167 Å². The summed E-state index contributed by atoms with van der Waals surface area (Å²) in [5.74, 6) is -2.73. The van der Waals surface area contributed by atoms with Crippen LogP contribution in [-0.2, 0) is 77.5 Å². The molecule has 9 N–H and O–H groups in total. The smallest absolute Gasteiger partial charge is 0.294 e. The fraction of sp³-hybridized carbons (Fsp3) is 0.429. The third kappa shape index (κ3) is 22.3. The Kier molecular flexibility index (Phi) is 27.9. The molecule has 0 saturated carbocycles. The van der Waals surface area contributed by atoms with E-state index in [0.29, 0.717) is 62.9 Å². The highest BCUT2D eigenvalue weighted by molar-refractivity contribution is 7.86. The van der Waals surface area contributed by atoms with Crippen LogP contribution in [0.4, 0.5) is 11.4 Å². The average molecular weight is 1450 g/mol. The van der Waals surface area contributed by atoms with Crippen molar-refractivity contribution in [3.05, 3.63) is 185 Å². The number of hydrogen-bond acceptors (Lipinski definition) is 15. The van der Waals surface area contributed by atoms with Gasteiger partial charge < -0.3 is 56.7 Å². The van der Waals surface area contributed by atoms with E-state index in [1.807, 2.05) is 136 Å². The van der Waals surface area contributed by atoms with Crippen molar-refractivity contribution < 1.29 is 68.8 Å². The number of anilines is 1. The molecule has 7 amide bonds. The summed E-state index contributed by atoms with van der Waals surface area (Å²) in [6.07, 6.45) is 15.3. The van der Waals surface area contributed by atoms with E-state index in [2.05, 4.69) is 59.9 Å². The van der Waals surface area contributed by atoms with Gasteiger partial charge >= 0.3 is 0 Å². The number of allylic oxidation sites excluding steroid dienone is 6. The summed E-state index contributed by atoms with van der Waals surface area (Å²) in [6, 6.07) is 32.3. The minimum atomic E-state index is -4.65. The van der Waals surface area contributed by atoms with Crippen molar-refractivity contribution in [3.63, 3.8) is 0 Å². The van der Waals surface area contributed by atoms with E-state index in [1.54, 1.807) is 12.1 Å². The Morgan fingerprint density at radius 3 is 1.96 bits per heavy atom. The molecular formula is C77H98N10O14S2. The average Bonchev–Trinajstić information content (AvgIpc) is 1.60. The largest absolute Gasteiger partial charge is 0.744 e. The number of hydrogen-bond donors (Lipinski definition) is 8. The van der Waals surface area contributed by atoms with Crippen molar-refractivity contribution in [1.29, 1.82) is 0 Å². The molecule has 0 aromatic heterocycles. The molecule has 3 aliphatic heterocycles. The second-order valence-corrected chi connectivity index (χ2v) is 30.4. The summed E-state index contributed by atoms with van der Waals surface area (Å²) in [4.78, 5) is 95.7. The second-order valence-electron chi connectivity index (χ2n) is 27.6. The van der Waals surface area contributed by atoms with Crippen molar-refractivity contribution in [2.24, 2.45) is 5.73 Å². The Morgan fingerprint density at radius 1 is 0.641 bits per heavy atom. The zero-order valence-electron chi connectivity index (χ0n) is 59.7. The highest BCUT2D eigenvalue weighted by atomic mass is 32.2. The van der Waals surface area contributed by atoms with Crippen LogP contribution in [0.25, 0.3) is 0 Å². The highest BCUT2D eigenvalue weighted by Crippen LogP contribution is 2.49. The Bertz CT molecular complexity index is 4230. The predicted molar refractivity (Wildman–Crippen MR) is 393 cm³/mol. The normalized spacial score (nSPS) is 16.7. The Balaban J connectivity index is 0.707. The molecule has 1 saturated heterocycles. The molecule has 0 aliphatic carbocycles. The molecule has 0 bridgehead atoms. The van der Waals surface area contributed by atoms with E-state index in [1.165, 1.54) is 43.7 Å². The zero-order chi connectivity index (χ0) is 74.7. The van der Waals surface area contributed by atoms with Crippen LogP contribution in [-0.4, -0.2) is 159 Å². The van der Waals surface area contributed by atoms with Gasteiger partial charge in [-0.05, 0) is 137 Å². The molecule has 552 valence electrons. The van der Waals surface area contributed by atoms with Gasteiger partial charge in [0.2, 0.25) is 47.0 Å². The SMILES string of the molecule is C[C@H](NC(=O)[C@H](C)NC(=O)[C@H](Cc1ccccc1)NC(=O)CCN1CCC(Oc2ccccc2Cc2ccccc2)CC1)C(=O)NCCC(=O)N[C@@H](CCCCNC(=O)CCCCCN1C(=CC=CC=CC2=[N+](C)c3ccc(S(=O)(=O)[O-])cc3C2(C)C)C(C)(C)c2cc(S(=O)(=O)O)ccc21)C(N)=O. The molecule has 0 unspecified atom stereocenters. The Hall–Kier alpha value is -9.34. The number of fused-ring (bicyclic) bond motifs is 2. The van der Waals surface area contributed by atoms with E-state index in [4.69, 9.17) is 10.5 Å². The van der Waals surface area contributed by atoms with Gasteiger partial charge in [0.05, 0.1) is 15.2 Å². The van der Waals surface area contributed by atoms with Crippen LogP contribution in [0, 0.1) is 0 Å². The predicted octanol–water partition coefficient (Wildman–Crippen LogP) is 7.22. The maximum atomic E-state index is 13.8. The minimum absolute atomic E-state index is 0.0382. The Morgan fingerprint density at radius 2 is 1.27 bits per heavy atom. The first kappa shape index (κ1) is 79.4. The lowest BCUT2D eigenvalue weighted by atomic mass is 9.81. The first-order chi connectivity index (χ1) is 48.9. The number of primary amides is 1. The number of nitrogens with two attached hydrogens (primary N) is 1. The quantitative estimate of drug-likeness (QED) is 0.00849. The highest BCUT2D eigenvalue weighted by Gasteiger charge is 2.44. The molecule has 4 atom stereocenters. The molecule has 8 rings (SSSR count). The summed E-state index contributed by atoms with van der Waals surface area (Å²) in [5, 5.41) is 16.3. The molecule has 5 aromatic rings. The Labute approximate surface area is 604 Å². The molecule has 3 aliphatic rings. The monoisotopic (exact) mass is 1450 g/mol. The molecular weight excluding hydrogens is 1350 g/mol. The zero-order valence-corrected chi connectivity index (χ0v) is 61.4. The van der Waals surface area contributed by atoms with Gasteiger partial charge in [0.15, 0.2) is 5.71 Å².